The fourth-order valence-electron chi connectivity index (χ4n) is 2.16. The fourth-order valence-corrected chi connectivity index (χ4v) is 2.37. The van der Waals surface area contributed by atoms with Gasteiger partial charge in [-0.2, -0.15) is 10.4 Å². The standard InChI is InChI=1S/C16H10ClFN4/c17-13-3-1-2-4-14(13)22-16(20)12(9-19)15(21-22)10-5-7-11(18)8-6-10/h1-8H,20H2. The predicted octanol–water partition coefficient (Wildman–Crippen LogP) is 3.79. The van der Waals surface area contributed by atoms with Crippen molar-refractivity contribution in [3.05, 3.63) is 64.9 Å². The normalized spacial score (nSPS) is 10.4. The third-order valence-corrected chi connectivity index (χ3v) is 3.55. The van der Waals surface area contributed by atoms with Gasteiger partial charge in [-0.15, -0.1) is 0 Å². The van der Waals surface area contributed by atoms with Crippen molar-refractivity contribution in [3.63, 3.8) is 0 Å². The zero-order valence-corrected chi connectivity index (χ0v) is 12.0. The van der Waals surface area contributed by atoms with Crippen LogP contribution < -0.4 is 5.73 Å². The fraction of sp³-hybridized carbons (Fsp3) is 0. The molecule has 22 heavy (non-hydrogen) atoms. The largest absolute Gasteiger partial charge is 0.382 e. The second-order valence-corrected chi connectivity index (χ2v) is 5.00. The van der Waals surface area contributed by atoms with Gasteiger partial charge in [0, 0.05) is 5.56 Å². The molecular formula is C16H10ClFN4. The second-order valence-electron chi connectivity index (χ2n) is 4.59. The maximum Gasteiger partial charge on any atom is 0.145 e. The van der Waals surface area contributed by atoms with Crippen LogP contribution in [0.4, 0.5) is 10.2 Å². The zero-order valence-electron chi connectivity index (χ0n) is 11.3. The Morgan fingerprint density at radius 3 is 2.45 bits per heavy atom. The topological polar surface area (TPSA) is 67.6 Å². The third kappa shape index (κ3) is 2.30. The average molecular weight is 313 g/mol. The molecule has 0 aliphatic rings. The number of aromatic nitrogens is 2. The van der Waals surface area contributed by atoms with E-state index < -0.39 is 0 Å². The van der Waals surface area contributed by atoms with Crippen molar-refractivity contribution >= 4 is 17.4 Å². The van der Waals surface area contributed by atoms with Crippen molar-refractivity contribution in [2.75, 3.05) is 5.73 Å². The Morgan fingerprint density at radius 2 is 1.82 bits per heavy atom. The number of nitrogen functional groups attached to an aromatic ring is 1. The molecule has 108 valence electrons. The molecule has 0 aliphatic carbocycles. The number of hydrogen-bond acceptors (Lipinski definition) is 3. The van der Waals surface area contributed by atoms with Crippen LogP contribution in [-0.4, -0.2) is 9.78 Å². The molecule has 6 heteroatoms. The number of benzene rings is 2. The number of anilines is 1. The van der Waals surface area contributed by atoms with E-state index in [0.717, 1.165) is 0 Å². The van der Waals surface area contributed by atoms with E-state index in [4.69, 9.17) is 17.3 Å². The van der Waals surface area contributed by atoms with Crippen molar-refractivity contribution < 1.29 is 4.39 Å². The van der Waals surface area contributed by atoms with E-state index >= 15 is 0 Å². The van der Waals surface area contributed by atoms with Gasteiger partial charge in [0.25, 0.3) is 0 Å². The van der Waals surface area contributed by atoms with Crippen LogP contribution in [0.2, 0.25) is 5.02 Å². The van der Waals surface area contributed by atoms with E-state index in [9.17, 15) is 9.65 Å². The van der Waals surface area contributed by atoms with Crippen LogP contribution in [0.5, 0.6) is 0 Å². The summed E-state index contributed by atoms with van der Waals surface area (Å²) in [6.45, 7) is 0. The first-order valence-corrected chi connectivity index (χ1v) is 6.79. The molecular weight excluding hydrogens is 303 g/mol. The number of nitrogens with two attached hydrogens (primary N) is 1. The van der Waals surface area contributed by atoms with Gasteiger partial charge in [0.05, 0.1) is 10.7 Å². The van der Waals surface area contributed by atoms with Crippen LogP contribution in [-0.2, 0) is 0 Å². The molecule has 0 saturated carbocycles. The van der Waals surface area contributed by atoms with Crippen LogP contribution in [0.15, 0.2) is 48.5 Å². The maximum atomic E-state index is 13.1. The first-order chi connectivity index (χ1) is 10.6. The van der Waals surface area contributed by atoms with Crippen LogP contribution in [0.3, 0.4) is 0 Å². The number of halogens is 2. The lowest BCUT2D eigenvalue weighted by atomic mass is 10.1. The molecule has 0 bridgehead atoms. The Hall–Kier alpha value is -2.84. The zero-order chi connectivity index (χ0) is 15.7. The minimum atomic E-state index is -0.360. The van der Waals surface area contributed by atoms with Gasteiger partial charge in [-0.3, -0.25) is 0 Å². The van der Waals surface area contributed by atoms with Gasteiger partial charge in [0.1, 0.15) is 29.0 Å². The molecule has 3 rings (SSSR count). The second kappa shape index (κ2) is 5.51. The lowest BCUT2D eigenvalue weighted by molar-refractivity contribution is 0.628. The van der Waals surface area contributed by atoms with Crippen LogP contribution in [0, 0.1) is 17.1 Å². The molecule has 4 nitrogen and oxygen atoms in total. The monoisotopic (exact) mass is 312 g/mol. The highest BCUT2D eigenvalue weighted by atomic mass is 35.5. The Bertz CT molecular complexity index is 878. The van der Waals surface area contributed by atoms with Gasteiger partial charge in [-0.25, -0.2) is 9.07 Å². The van der Waals surface area contributed by atoms with Gasteiger partial charge in [-0.1, -0.05) is 23.7 Å². The quantitative estimate of drug-likeness (QED) is 0.783. The van der Waals surface area contributed by atoms with Gasteiger partial charge in [0.2, 0.25) is 0 Å². The highest BCUT2D eigenvalue weighted by Gasteiger charge is 2.19. The smallest absolute Gasteiger partial charge is 0.145 e. The summed E-state index contributed by atoms with van der Waals surface area (Å²) in [6, 6.07) is 14.8. The van der Waals surface area contributed by atoms with Crippen molar-refractivity contribution in [3.8, 4) is 23.0 Å². The number of hydrogen-bond donors (Lipinski definition) is 1. The first-order valence-electron chi connectivity index (χ1n) is 6.41. The van der Waals surface area contributed by atoms with Gasteiger partial charge in [-0.05, 0) is 36.4 Å². The number of nitriles is 1. The summed E-state index contributed by atoms with van der Waals surface area (Å²) in [4.78, 5) is 0. The molecule has 0 radical (unpaired) electrons. The van der Waals surface area contributed by atoms with E-state index in [1.54, 1.807) is 36.4 Å². The van der Waals surface area contributed by atoms with Crippen molar-refractivity contribution in [2.24, 2.45) is 0 Å². The summed E-state index contributed by atoms with van der Waals surface area (Å²) >= 11 is 6.15. The number of para-hydroxylation sites is 1. The predicted molar refractivity (Wildman–Crippen MR) is 83.1 cm³/mol. The minimum absolute atomic E-state index is 0.190. The molecule has 0 spiro atoms. The van der Waals surface area contributed by atoms with Crippen LogP contribution in [0.1, 0.15) is 5.56 Å². The summed E-state index contributed by atoms with van der Waals surface area (Å²) in [5.41, 5.74) is 7.83. The summed E-state index contributed by atoms with van der Waals surface area (Å²) in [5.74, 6) is -0.171. The number of rotatable bonds is 2. The molecule has 2 N–H and O–H groups in total. The SMILES string of the molecule is N#Cc1c(-c2ccc(F)cc2)nn(-c2ccccc2Cl)c1N. The summed E-state index contributed by atoms with van der Waals surface area (Å²) in [7, 11) is 0. The summed E-state index contributed by atoms with van der Waals surface area (Å²) < 4.78 is 14.5. The molecule has 0 saturated heterocycles. The Morgan fingerprint density at radius 1 is 1.14 bits per heavy atom. The van der Waals surface area contributed by atoms with E-state index in [1.807, 2.05) is 6.07 Å². The molecule has 1 heterocycles. The van der Waals surface area contributed by atoms with Crippen LogP contribution >= 0.6 is 11.6 Å². The van der Waals surface area contributed by atoms with Crippen molar-refractivity contribution in [2.45, 2.75) is 0 Å². The molecule has 0 aliphatic heterocycles. The lowest BCUT2D eigenvalue weighted by Gasteiger charge is -2.05. The van der Waals surface area contributed by atoms with Gasteiger partial charge >= 0.3 is 0 Å². The minimum Gasteiger partial charge on any atom is -0.382 e. The summed E-state index contributed by atoms with van der Waals surface area (Å²) in [6.07, 6.45) is 0. The van der Waals surface area contributed by atoms with E-state index in [2.05, 4.69) is 5.10 Å². The Balaban J connectivity index is 2.22. The number of nitrogens with zero attached hydrogens (tertiary/aromatic N) is 3. The molecule has 3 aromatic rings. The molecule has 1 aromatic heterocycles. The highest BCUT2D eigenvalue weighted by molar-refractivity contribution is 6.32. The van der Waals surface area contributed by atoms with E-state index in [0.29, 0.717) is 22.0 Å². The maximum absolute atomic E-state index is 13.1. The Kier molecular flexibility index (Phi) is 3.53. The average Bonchev–Trinajstić information content (AvgIpc) is 2.85. The summed E-state index contributed by atoms with van der Waals surface area (Å²) in [5, 5.41) is 14.2. The molecule has 2 aromatic carbocycles. The van der Waals surface area contributed by atoms with Crippen LogP contribution in [0.25, 0.3) is 16.9 Å². The van der Waals surface area contributed by atoms with Crippen molar-refractivity contribution in [1.82, 2.24) is 9.78 Å². The molecule has 0 unspecified atom stereocenters. The van der Waals surface area contributed by atoms with Gasteiger partial charge < -0.3 is 5.73 Å². The molecule has 0 amide bonds. The molecule has 0 atom stereocenters. The molecule has 0 fully saturated rings. The highest BCUT2D eigenvalue weighted by Crippen LogP contribution is 2.30. The van der Waals surface area contributed by atoms with E-state index in [1.165, 1.54) is 16.8 Å². The first kappa shape index (κ1) is 14.1. The van der Waals surface area contributed by atoms with Gasteiger partial charge in [0.15, 0.2) is 0 Å². The third-order valence-electron chi connectivity index (χ3n) is 3.23. The lowest BCUT2D eigenvalue weighted by Crippen LogP contribution is -2.02. The Labute approximate surface area is 131 Å². The van der Waals surface area contributed by atoms with Crippen molar-refractivity contribution in [1.29, 1.82) is 5.26 Å². The van der Waals surface area contributed by atoms with E-state index in [-0.39, 0.29) is 17.2 Å².